The third kappa shape index (κ3) is 1.96. The van der Waals surface area contributed by atoms with E-state index < -0.39 is 0 Å². The normalized spacial score (nSPS) is 10.5. The van der Waals surface area contributed by atoms with Crippen LogP contribution in [0.2, 0.25) is 5.02 Å². The zero-order valence-corrected chi connectivity index (χ0v) is 7.73. The lowest BCUT2D eigenvalue weighted by atomic mass is 10.3. The van der Waals surface area contributed by atoms with E-state index in [0.29, 0.717) is 0 Å². The Labute approximate surface area is 72.2 Å². The van der Waals surface area contributed by atoms with Crippen molar-refractivity contribution < 1.29 is 0 Å². The molecule has 0 atom stereocenters. The maximum atomic E-state index is 5.90. The van der Waals surface area contributed by atoms with Gasteiger partial charge in [0.1, 0.15) is 0 Å². The Hall–Kier alpha value is -0.500. The van der Waals surface area contributed by atoms with Crippen LogP contribution >= 0.6 is 11.6 Å². The zero-order chi connectivity index (χ0) is 8.27. The van der Waals surface area contributed by atoms with Crippen LogP contribution in [-0.2, 0) is 13.0 Å². The van der Waals surface area contributed by atoms with Gasteiger partial charge in [0.05, 0.1) is 10.7 Å². The van der Waals surface area contributed by atoms with Crippen LogP contribution < -0.4 is 0 Å². The first kappa shape index (κ1) is 8.60. The minimum absolute atomic E-state index is 0.793. The summed E-state index contributed by atoms with van der Waals surface area (Å²) in [6.45, 7) is 5.14. The van der Waals surface area contributed by atoms with Gasteiger partial charge in [-0.15, -0.1) is 0 Å². The lowest BCUT2D eigenvalue weighted by Gasteiger charge is -1.94. The number of hydrogen-bond donors (Lipinski definition) is 0. The van der Waals surface area contributed by atoms with Gasteiger partial charge < -0.3 is 0 Å². The van der Waals surface area contributed by atoms with Crippen LogP contribution in [0.5, 0.6) is 0 Å². The average molecular weight is 173 g/mol. The van der Waals surface area contributed by atoms with Gasteiger partial charge in [0, 0.05) is 12.7 Å². The van der Waals surface area contributed by atoms with E-state index in [1.807, 2.05) is 10.9 Å². The van der Waals surface area contributed by atoms with Crippen molar-refractivity contribution in [1.82, 2.24) is 9.78 Å². The molecule has 1 heterocycles. The Morgan fingerprint density at radius 1 is 1.55 bits per heavy atom. The molecule has 0 radical (unpaired) electrons. The van der Waals surface area contributed by atoms with E-state index in [4.69, 9.17) is 11.6 Å². The monoisotopic (exact) mass is 172 g/mol. The highest BCUT2D eigenvalue weighted by molar-refractivity contribution is 6.31. The molecule has 3 heteroatoms. The van der Waals surface area contributed by atoms with Gasteiger partial charge >= 0.3 is 0 Å². The molecule has 0 amide bonds. The average Bonchev–Trinajstić information content (AvgIpc) is 2.32. The molecule has 0 aromatic carbocycles. The van der Waals surface area contributed by atoms with Gasteiger partial charge in [0.25, 0.3) is 0 Å². The van der Waals surface area contributed by atoms with E-state index in [9.17, 15) is 0 Å². The SMILES string of the molecule is CCCn1cc(Cl)c(CC)n1. The molecule has 62 valence electrons. The summed E-state index contributed by atoms with van der Waals surface area (Å²) in [5.74, 6) is 0. The molecular weight excluding hydrogens is 160 g/mol. The summed E-state index contributed by atoms with van der Waals surface area (Å²) in [5, 5.41) is 5.10. The van der Waals surface area contributed by atoms with Crippen LogP contribution in [0.25, 0.3) is 0 Å². The van der Waals surface area contributed by atoms with Gasteiger partial charge in [-0.1, -0.05) is 25.4 Å². The highest BCUT2D eigenvalue weighted by Crippen LogP contribution is 2.13. The van der Waals surface area contributed by atoms with Crippen molar-refractivity contribution >= 4 is 11.6 Å². The molecule has 1 rings (SSSR count). The number of hydrogen-bond acceptors (Lipinski definition) is 1. The molecule has 0 saturated carbocycles. The van der Waals surface area contributed by atoms with Crippen molar-refractivity contribution in [2.24, 2.45) is 0 Å². The Balaban J connectivity index is 2.77. The summed E-state index contributed by atoms with van der Waals surface area (Å²) in [5.41, 5.74) is 1.00. The Bertz CT molecular complexity index is 230. The van der Waals surface area contributed by atoms with Crippen molar-refractivity contribution in [3.63, 3.8) is 0 Å². The first-order valence-electron chi connectivity index (χ1n) is 3.99. The molecule has 0 fully saturated rings. The second kappa shape index (κ2) is 3.77. The minimum Gasteiger partial charge on any atom is -0.271 e. The number of nitrogens with zero attached hydrogens (tertiary/aromatic N) is 2. The van der Waals surface area contributed by atoms with Crippen LogP contribution in [0, 0.1) is 0 Å². The van der Waals surface area contributed by atoms with Crippen LogP contribution in [0.4, 0.5) is 0 Å². The van der Waals surface area contributed by atoms with Gasteiger partial charge in [-0.05, 0) is 12.8 Å². The molecule has 0 N–H and O–H groups in total. The Morgan fingerprint density at radius 3 is 2.73 bits per heavy atom. The molecule has 2 nitrogen and oxygen atoms in total. The number of rotatable bonds is 3. The smallest absolute Gasteiger partial charge is 0.0817 e. The molecular formula is C8H13ClN2. The number of aromatic nitrogens is 2. The van der Waals surface area contributed by atoms with Gasteiger partial charge in [-0.3, -0.25) is 4.68 Å². The summed E-state index contributed by atoms with van der Waals surface area (Å²) < 4.78 is 1.90. The third-order valence-electron chi connectivity index (χ3n) is 1.57. The van der Waals surface area contributed by atoms with Crippen molar-refractivity contribution in [3.8, 4) is 0 Å². The zero-order valence-electron chi connectivity index (χ0n) is 6.97. The van der Waals surface area contributed by atoms with Gasteiger partial charge in [-0.25, -0.2) is 0 Å². The molecule has 0 saturated heterocycles. The first-order chi connectivity index (χ1) is 5.27. The van der Waals surface area contributed by atoms with E-state index in [0.717, 1.165) is 30.1 Å². The fourth-order valence-electron chi connectivity index (χ4n) is 1.02. The molecule has 11 heavy (non-hydrogen) atoms. The van der Waals surface area contributed by atoms with Crippen molar-refractivity contribution in [2.45, 2.75) is 33.2 Å². The Kier molecular flexibility index (Phi) is 2.94. The maximum absolute atomic E-state index is 5.90. The van der Waals surface area contributed by atoms with Crippen LogP contribution in [-0.4, -0.2) is 9.78 Å². The van der Waals surface area contributed by atoms with Crippen LogP contribution in [0.3, 0.4) is 0 Å². The third-order valence-corrected chi connectivity index (χ3v) is 1.89. The standard InChI is InChI=1S/C8H13ClN2/c1-3-5-11-6-7(9)8(4-2)10-11/h6H,3-5H2,1-2H3. The van der Waals surface area contributed by atoms with Gasteiger partial charge in [0.15, 0.2) is 0 Å². The second-order valence-corrected chi connectivity index (χ2v) is 2.95. The number of halogens is 1. The van der Waals surface area contributed by atoms with E-state index in [1.54, 1.807) is 0 Å². The molecule has 1 aromatic heterocycles. The quantitative estimate of drug-likeness (QED) is 0.685. The molecule has 0 aliphatic carbocycles. The molecule has 0 spiro atoms. The predicted octanol–water partition coefficient (Wildman–Crippen LogP) is 2.51. The molecule has 1 aromatic rings. The highest BCUT2D eigenvalue weighted by Gasteiger charge is 2.02. The summed E-state index contributed by atoms with van der Waals surface area (Å²) in [7, 11) is 0. The van der Waals surface area contributed by atoms with Crippen molar-refractivity contribution in [3.05, 3.63) is 16.9 Å². The summed E-state index contributed by atoms with van der Waals surface area (Å²) >= 11 is 5.90. The predicted molar refractivity (Wildman–Crippen MR) is 46.9 cm³/mol. The summed E-state index contributed by atoms with van der Waals surface area (Å²) in [6.07, 6.45) is 3.90. The van der Waals surface area contributed by atoms with Gasteiger partial charge in [0.2, 0.25) is 0 Å². The minimum atomic E-state index is 0.793. The first-order valence-corrected chi connectivity index (χ1v) is 4.37. The fourth-order valence-corrected chi connectivity index (χ4v) is 1.30. The van der Waals surface area contributed by atoms with E-state index in [2.05, 4.69) is 18.9 Å². The van der Waals surface area contributed by atoms with Gasteiger partial charge in [-0.2, -0.15) is 5.10 Å². The van der Waals surface area contributed by atoms with Crippen molar-refractivity contribution in [1.29, 1.82) is 0 Å². The topological polar surface area (TPSA) is 17.8 Å². The summed E-state index contributed by atoms with van der Waals surface area (Å²) in [4.78, 5) is 0. The van der Waals surface area contributed by atoms with Crippen LogP contribution in [0.15, 0.2) is 6.20 Å². The summed E-state index contributed by atoms with van der Waals surface area (Å²) in [6, 6.07) is 0. The maximum Gasteiger partial charge on any atom is 0.0817 e. The molecule has 0 aliphatic heterocycles. The highest BCUT2D eigenvalue weighted by atomic mass is 35.5. The number of aryl methyl sites for hydroxylation is 2. The lowest BCUT2D eigenvalue weighted by Crippen LogP contribution is -1.97. The van der Waals surface area contributed by atoms with E-state index in [-0.39, 0.29) is 0 Å². The molecule has 0 unspecified atom stereocenters. The Morgan fingerprint density at radius 2 is 2.27 bits per heavy atom. The van der Waals surface area contributed by atoms with E-state index in [1.165, 1.54) is 0 Å². The molecule has 0 aliphatic rings. The van der Waals surface area contributed by atoms with Crippen molar-refractivity contribution in [2.75, 3.05) is 0 Å². The largest absolute Gasteiger partial charge is 0.271 e. The van der Waals surface area contributed by atoms with Crippen LogP contribution in [0.1, 0.15) is 26.0 Å². The molecule has 0 bridgehead atoms. The second-order valence-electron chi connectivity index (χ2n) is 2.54. The fraction of sp³-hybridized carbons (Fsp3) is 0.625. The van der Waals surface area contributed by atoms with E-state index >= 15 is 0 Å². The lowest BCUT2D eigenvalue weighted by molar-refractivity contribution is 0.595.